The summed E-state index contributed by atoms with van der Waals surface area (Å²) >= 11 is 0. The molecule has 0 bridgehead atoms. The van der Waals surface area contributed by atoms with E-state index in [4.69, 9.17) is 5.11 Å². The van der Waals surface area contributed by atoms with E-state index in [1.807, 2.05) is 12.2 Å². The molecule has 0 fully saturated rings. The van der Waals surface area contributed by atoms with Crippen molar-refractivity contribution in [3.8, 4) is 0 Å². The zero-order valence-corrected chi connectivity index (χ0v) is 14.4. The first-order valence-corrected chi connectivity index (χ1v) is 7.83. The van der Waals surface area contributed by atoms with Gasteiger partial charge < -0.3 is 5.11 Å². The van der Waals surface area contributed by atoms with Crippen LogP contribution in [0.5, 0.6) is 0 Å². The first kappa shape index (κ1) is 18.2. The minimum Gasteiger partial charge on any atom is -0.478 e. The summed E-state index contributed by atoms with van der Waals surface area (Å²) in [6, 6.07) is 0. The lowest BCUT2D eigenvalue weighted by atomic mass is 9.68. The van der Waals surface area contributed by atoms with E-state index in [0.29, 0.717) is 11.3 Å². The molecule has 22 heavy (non-hydrogen) atoms. The molecule has 0 aliphatic heterocycles. The van der Waals surface area contributed by atoms with E-state index in [2.05, 4.69) is 45.9 Å². The molecule has 0 saturated heterocycles. The van der Waals surface area contributed by atoms with Gasteiger partial charge in [0.2, 0.25) is 0 Å². The number of allylic oxidation sites excluding steroid dienone is 9. The summed E-state index contributed by atoms with van der Waals surface area (Å²) in [4.78, 5) is 10.5. The van der Waals surface area contributed by atoms with Crippen LogP contribution in [0.25, 0.3) is 0 Å². The van der Waals surface area contributed by atoms with Crippen molar-refractivity contribution in [2.75, 3.05) is 0 Å². The van der Waals surface area contributed by atoms with Crippen LogP contribution in [0, 0.1) is 11.3 Å². The highest BCUT2D eigenvalue weighted by Gasteiger charge is 2.30. The fourth-order valence-electron chi connectivity index (χ4n) is 2.88. The first-order chi connectivity index (χ1) is 10.2. The number of carboxylic acid groups (broad SMARTS) is 1. The quantitative estimate of drug-likeness (QED) is 0.416. The predicted molar refractivity (Wildman–Crippen MR) is 93.7 cm³/mol. The lowest BCUT2D eigenvalue weighted by molar-refractivity contribution is -0.131. The zero-order chi connectivity index (χ0) is 16.8. The molecule has 1 rings (SSSR count). The fourth-order valence-corrected chi connectivity index (χ4v) is 2.88. The van der Waals surface area contributed by atoms with E-state index in [-0.39, 0.29) is 0 Å². The average molecular weight is 300 g/mol. The Labute approximate surface area is 134 Å². The van der Waals surface area contributed by atoms with Gasteiger partial charge in [-0.1, -0.05) is 61.4 Å². The maximum atomic E-state index is 10.5. The molecule has 0 saturated carbocycles. The minimum atomic E-state index is -0.912. The number of rotatable bonds is 5. The average Bonchev–Trinajstić information content (AvgIpc) is 2.36. The number of carboxylic acids is 1. The molecule has 0 heterocycles. The van der Waals surface area contributed by atoms with Gasteiger partial charge in [0.25, 0.3) is 0 Å². The van der Waals surface area contributed by atoms with E-state index in [0.717, 1.165) is 11.1 Å². The van der Waals surface area contributed by atoms with Crippen LogP contribution in [0.4, 0.5) is 0 Å². The molecular weight excluding hydrogens is 272 g/mol. The summed E-state index contributed by atoms with van der Waals surface area (Å²) in [5, 5.41) is 8.65. The molecule has 0 unspecified atom stereocenters. The number of carbonyl (C=O) groups is 1. The lowest BCUT2D eigenvalue weighted by Crippen LogP contribution is -2.26. The van der Waals surface area contributed by atoms with Gasteiger partial charge in [0, 0.05) is 12.0 Å². The van der Waals surface area contributed by atoms with Crippen LogP contribution in [-0.2, 0) is 4.79 Å². The van der Waals surface area contributed by atoms with Crippen LogP contribution >= 0.6 is 0 Å². The van der Waals surface area contributed by atoms with Crippen LogP contribution in [0.1, 0.15) is 47.5 Å². The molecular formula is C20H28O2. The van der Waals surface area contributed by atoms with Crippen molar-refractivity contribution < 1.29 is 9.90 Å². The highest BCUT2D eigenvalue weighted by Crippen LogP contribution is 2.41. The second-order valence-electron chi connectivity index (χ2n) is 6.81. The monoisotopic (exact) mass is 300 g/mol. The van der Waals surface area contributed by atoms with Crippen LogP contribution in [-0.4, -0.2) is 11.1 Å². The van der Waals surface area contributed by atoms with Gasteiger partial charge in [-0.25, -0.2) is 4.79 Å². The number of hydrogen-bond acceptors (Lipinski definition) is 1. The molecule has 1 N–H and O–H groups in total. The SMILES string of the molecule is CC1=CCCC(C)(C)[C@H]1/C=C/C(C)=C\C=C\C(C)=C\C(=O)O. The van der Waals surface area contributed by atoms with Gasteiger partial charge in [-0.15, -0.1) is 0 Å². The van der Waals surface area contributed by atoms with E-state index < -0.39 is 5.97 Å². The Morgan fingerprint density at radius 2 is 1.95 bits per heavy atom. The smallest absolute Gasteiger partial charge is 0.328 e. The molecule has 0 spiro atoms. The van der Waals surface area contributed by atoms with Gasteiger partial charge >= 0.3 is 5.97 Å². The molecule has 0 aromatic rings. The van der Waals surface area contributed by atoms with Crippen molar-refractivity contribution in [3.63, 3.8) is 0 Å². The van der Waals surface area contributed by atoms with E-state index in [1.165, 1.54) is 24.5 Å². The van der Waals surface area contributed by atoms with E-state index >= 15 is 0 Å². The molecule has 1 aliphatic carbocycles. The normalized spacial score (nSPS) is 23.1. The Balaban J connectivity index is 2.75. The summed E-state index contributed by atoms with van der Waals surface area (Å²) in [5.74, 6) is -0.424. The van der Waals surface area contributed by atoms with Crippen LogP contribution < -0.4 is 0 Å². The molecule has 1 atom stereocenters. The van der Waals surface area contributed by atoms with Crippen molar-refractivity contribution >= 4 is 5.97 Å². The van der Waals surface area contributed by atoms with E-state index in [1.54, 1.807) is 13.0 Å². The summed E-state index contributed by atoms with van der Waals surface area (Å²) in [6.07, 6.45) is 16.1. The molecule has 120 valence electrons. The Morgan fingerprint density at radius 1 is 1.27 bits per heavy atom. The van der Waals surface area contributed by atoms with Crippen molar-refractivity contribution in [3.05, 3.63) is 59.3 Å². The van der Waals surface area contributed by atoms with Crippen molar-refractivity contribution in [2.45, 2.75) is 47.5 Å². The molecule has 2 nitrogen and oxygen atoms in total. The Hall–Kier alpha value is -1.83. The van der Waals surface area contributed by atoms with Crippen LogP contribution in [0.2, 0.25) is 0 Å². The number of hydrogen-bond donors (Lipinski definition) is 1. The van der Waals surface area contributed by atoms with Crippen LogP contribution in [0.15, 0.2) is 59.3 Å². The van der Waals surface area contributed by atoms with Gasteiger partial charge in [0.1, 0.15) is 0 Å². The van der Waals surface area contributed by atoms with Crippen molar-refractivity contribution in [1.82, 2.24) is 0 Å². The molecule has 0 amide bonds. The third-order valence-electron chi connectivity index (χ3n) is 4.21. The molecule has 0 aromatic heterocycles. The van der Waals surface area contributed by atoms with Gasteiger partial charge in [0.15, 0.2) is 0 Å². The summed E-state index contributed by atoms with van der Waals surface area (Å²) in [7, 11) is 0. The third kappa shape index (κ3) is 5.88. The van der Waals surface area contributed by atoms with Gasteiger partial charge in [-0.05, 0) is 44.6 Å². The molecule has 2 heteroatoms. The van der Waals surface area contributed by atoms with Crippen LogP contribution in [0.3, 0.4) is 0 Å². The maximum absolute atomic E-state index is 10.5. The topological polar surface area (TPSA) is 37.3 Å². The second kappa shape index (κ2) is 7.98. The largest absolute Gasteiger partial charge is 0.478 e. The highest BCUT2D eigenvalue weighted by molar-refractivity contribution is 5.81. The predicted octanol–water partition coefficient (Wildman–Crippen LogP) is 5.46. The summed E-state index contributed by atoms with van der Waals surface area (Å²) in [6.45, 7) is 10.7. The van der Waals surface area contributed by atoms with Crippen molar-refractivity contribution in [2.24, 2.45) is 11.3 Å². The van der Waals surface area contributed by atoms with E-state index in [9.17, 15) is 4.79 Å². The molecule has 0 radical (unpaired) electrons. The summed E-state index contributed by atoms with van der Waals surface area (Å²) < 4.78 is 0. The second-order valence-corrected chi connectivity index (χ2v) is 6.81. The van der Waals surface area contributed by atoms with Gasteiger partial charge in [0.05, 0.1) is 0 Å². The third-order valence-corrected chi connectivity index (χ3v) is 4.21. The molecule has 1 aliphatic rings. The fraction of sp³-hybridized carbons (Fsp3) is 0.450. The Kier molecular flexibility index (Phi) is 6.61. The van der Waals surface area contributed by atoms with Crippen molar-refractivity contribution in [1.29, 1.82) is 0 Å². The van der Waals surface area contributed by atoms with Gasteiger partial charge in [-0.3, -0.25) is 0 Å². The highest BCUT2D eigenvalue weighted by atomic mass is 16.4. The zero-order valence-electron chi connectivity index (χ0n) is 14.4. The standard InChI is InChI=1S/C20H28O2/c1-15(8-6-9-16(2)14-19(21)22)11-12-18-17(3)10-7-13-20(18,4)5/h6,8-12,14,18H,7,13H2,1-5H3,(H,21,22)/b9-6+,12-11+,15-8-,16-14+/t18-/m0/s1. The number of aliphatic carboxylic acids is 1. The molecule has 0 aromatic carbocycles. The first-order valence-electron chi connectivity index (χ1n) is 7.83. The Bertz CT molecular complexity index is 554. The lowest BCUT2D eigenvalue weighted by Gasteiger charge is -2.36. The summed E-state index contributed by atoms with van der Waals surface area (Å²) in [5.41, 5.74) is 3.66. The maximum Gasteiger partial charge on any atom is 0.328 e. The minimum absolute atomic E-state index is 0.312. The van der Waals surface area contributed by atoms with Gasteiger partial charge in [-0.2, -0.15) is 0 Å². The Morgan fingerprint density at radius 3 is 2.55 bits per heavy atom.